The molecule has 0 aliphatic carbocycles. The molecule has 1 atom stereocenters. The number of ketones is 1. The molecule has 6 nitrogen and oxygen atoms in total. The number of nitrogens with zero attached hydrogens (tertiary/aromatic N) is 4. The second-order valence-electron chi connectivity index (χ2n) is 6.18. The number of rotatable bonds is 4. The van der Waals surface area contributed by atoms with Gasteiger partial charge in [-0.05, 0) is 19.1 Å². The Balaban J connectivity index is 1.73. The van der Waals surface area contributed by atoms with Crippen LogP contribution >= 0.6 is 0 Å². The van der Waals surface area contributed by atoms with Gasteiger partial charge in [-0.3, -0.25) is 4.79 Å². The van der Waals surface area contributed by atoms with E-state index < -0.39 is 0 Å². The quantitative estimate of drug-likeness (QED) is 0.735. The average Bonchev–Trinajstić information content (AvgIpc) is 3.11. The summed E-state index contributed by atoms with van der Waals surface area (Å²) in [6, 6.07) is 19.2. The Hall–Kier alpha value is -3.41. The van der Waals surface area contributed by atoms with Gasteiger partial charge in [0, 0.05) is 18.3 Å². The van der Waals surface area contributed by atoms with Crippen LogP contribution in [-0.4, -0.2) is 28.4 Å². The third-order valence-electron chi connectivity index (χ3n) is 4.41. The zero-order valence-corrected chi connectivity index (χ0v) is 14.6. The number of fused-ring (bicyclic) bond motifs is 1. The topological polar surface area (TPSA) is 62.5 Å². The second kappa shape index (κ2) is 6.48. The highest BCUT2D eigenvalue weighted by molar-refractivity contribution is 6.13. The normalized spacial score (nSPS) is 15.6. The highest BCUT2D eigenvalue weighted by Gasteiger charge is 2.29. The van der Waals surface area contributed by atoms with Gasteiger partial charge < -0.3 is 10.2 Å². The molecule has 3 aromatic rings. The fraction of sp³-hybridized carbons (Fsp3) is 0.150. The summed E-state index contributed by atoms with van der Waals surface area (Å²) < 4.78 is 1.75. The van der Waals surface area contributed by atoms with Crippen molar-refractivity contribution >= 4 is 23.1 Å². The molecule has 130 valence electrons. The maximum Gasteiger partial charge on any atom is 0.221 e. The number of hydrogen-bond acceptors (Lipinski definition) is 5. The number of para-hydroxylation sites is 1. The molecular formula is C20H19N5O. The van der Waals surface area contributed by atoms with Crippen LogP contribution < -0.4 is 10.2 Å². The van der Waals surface area contributed by atoms with Crippen LogP contribution in [0, 0.1) is 0 Å². The molecule has 0 fully saturated rings. The van der Waals surface area contributed by atoms with Gasteiger partial charge in [-0.25, -0.2) is 9.67 Å². The van der Waals surface area contributed by atoms with E-state index in [1.54, 1.807) is 10.9 Å². The molecule has 0 amide bonds. The van der Waals surface area contributed by atoms with E-state index in [9.17, 15) is 4.79 Å². The zero-order valence-electron chi connectivity index (χ0n) is 14.6. The largest absolute Gasteiger partial charge is 0.334 e. The molecule has 1 aromatic heterocycles. The number of carbonyl (C=O) groups is 1. The second-order valence-corrected chi connectivity index (χ2v) is 6.18. The van der Waals surface area contributed by atoms with Gasteiger partial charge in [0.15, 0.2) is 5.78 Å². The Morgan fingerprint density at radius 3 is 2.42 bits per heavy atom. The predicted molar refractivity (Wildman–Crippen MR) is 103 cm³/mol. The summed E-state index contributed by atoms with van der Waals surface area (Å²) in [6.45, 7) is 1.89. The average molecular weight is 345 g/mol. The molecule has 0 saturated heterocycles. The van der Waals surface area contributed by atoms with Gasteiger partial charge in [-0.1, -0.05) is 48.5 Å². The first kappa shape index (κ1) is 16.1. The lowest BCUT2D eigenvalue weighted by Crippen LogP contribution is -2.34. The molecular weight excluding hydrogens is 326 g/mol. The Bertz CT molecular complexity index is 962. The number of nitrogens with one attached hydrogen (secondary N) is 1. The lowest BCUT2D eigenvalue weighted by Gasteiger charge is -2.31. The standard InChI is InChI=1S/C20H19N5O/c1-14-22-19-17(18(26)15-9-5-3-6-10-15)13-21-25(19)20(23-14)24(2)16-11-7-4-8-12-16/h3-13,20H,1-2H3,(H,22,23). The Morgan fingerprint density at radius 1 is 1.08 bits per heavy atom. The van der Waals surface area contributed by atoms with Crippen molar-refractivity contribution in [3.63, 3.8) is 0 Å². The minimum atomic E-state index is -0.356. The number of benzene rings is 2. The smallest absolute Gasteiger partial charge is 0.221 e. The lowest BCUT2D eigenvalue weighted by molar-refractivity contribution is 0.103. The van der Waals surface area contributed by atoms with E-state index in [1.807, 2.05) is 79.5 Å². The summed E-state index contributed by atoms with van der Waals surface area (Å²) in [5.74, 6) is 1.35. The Morgan fingerprint density at radius 2 is 1.73 bits per heavy atom. The first-order chi connectivity index (χ1) is 12.6. The molecule has 0 spiro atoms. The molecule has 1 N–H and O–H groups in total. The van der Waals surface area contributed by atoms with E-state index in [-0.39, 0.29) is 12.1 Å². The summed E-state index contributed by atoms with van der Waals surface area (Å²) in [7, 11) is 1.96. The fourth-order valence-electron chi connectivity index (χ4n) is 3.05. The molecule has 2 aromatic carbocycles. The number of aliphatic imine (C=N–C) groups is 1. The van der Waals surface area contributed by atoms with E-state index in [0.29, 0.717) is 16.9 Å². The first-order valence-corrected chi connectivity index (χ1v) is 8.41. The van der Waals surface area contributed by atoms with Gasteiger partial charge in [0.25, 0.3) is 0 Å². The summed E-state index contributed by atoms with van der Waals surface area (Å²) in [5, 5.41) is 7.65. The Kier molecular flexibility index (Phi) is 4.01. The van der Waals surface area contributed by atoms with Gasteiger partial charge in [0.1, 0.15) is 11.7 Å². The number of hydrogen-bond donors (Lipinski definition) is 1. The van der Waals surface area contributed by atoms with Crippen molar-refractivity contribution in [2.24, 2.45) is 4.99 Å². The minimum Gasteiger partial charge on any atom is -0.334 e. The molecule has 0 radical (unpaired) electrons. The van der Waals surface area contributed by atoms with Crippen molar-refractivity contribution < 1.29 is 4.79 Å². The number of carbonyl (C=O) groups excluding carboxylic acids is 1. The van der Waals surface area contributed by atoms with Crippen LogP contribution in [0.1, 0.15) is 29.1 Å². The van der Waals surface area contributed by atoms with E-state index in [4.69, 9.17) is 0 Å². The van der Waals surface area contributed by atoms with Gasteiger partial charge in [-0.15, -0.1) is 0 Å². The van der Waals surface area contributed by atoms with Gasteiger partial charge in [-0.2, -0.15) is 5.10 Å². The highest BCUT2D eigenvalue weighted by Crippen LogP contribution is 2.30. The zero-order chi connectivity index (χ0) is 18.1. The monoisotopic (exact) mass is 345 g/mol. The van der Waals surface area contributed by atoms with Gasteiger partial charge >= 0.3 is 0 Å². The van der Waals surface area contributed by atoms with E-state index in [1.165, 1.54) is 0 Å². The van der Waals surface area contributed by atoms with Crippen LogP contribution in [0.3, 0.4) is 0 Å². The predicted octanol–water partition coefficient (Wildman–Crippen LogP) is 3.55. The number of anilines is 2. The van der Waals surface area contributed by atoms with Crippen LogP contribution in [0.4, 0.5) is 11.5 Å². The Labute approximate surface area is 151 Å². The van der Waals surface area contributed by atoms with Crippen LogP contribution in [0.2, 0.25) is 0 Å². The molecule has 0 saturated carbocycles. The summed E-state index contributed by atoms with van der Waals surface area (Å²) in [5.41, 5.74) is 2.20. The van der Waals surface area contributed by atoms with Crippen molar-refractivity contribution in [3.05, 3.63) is 78.0 Å². The minimum absolute atomic E-state index is 0.0600. The van der Waals surface area contributed by atoms with Crippen LogP contribution in [0.15, 0.2) is 71.9 Å². The third-order valence-corrected chi connectivity index (χ3v) is 4.41. The van der Waals surface area contributed by atoms with Crippen LogP contribution in [-0.2, 0) is 0 Å². The van der Waals surface area contributed by atoms with Crippen LogP contribution in [0.25, 0.3) is 0 Å². The number of amidine groups is 1. The van der Waals surface area contributed by atoms with Crippen molar-refractivity contribution in [1.29, 1.82) is 0 Å². The molecule has 2 heterocycles. The molecule has 1 unspecified atom stereocenters. The summed E-state index contributed by atoms with van der Waals surface area (Å²) in [6.07, 6.45) is 1.25. The molecule has 0 bridgehead atoms. The SMILES string of the molecule is CC1=NC(N(C)c2ccccc2)n2ncc(C(=O)c3ccccc3)c2N1. The maximum atomic E-state index is 12.9. The fourth-order valence-corrected chi connectivity index (χ4v) is 3.05. The molecule has 1 aliphatic heterocycles. The van der Waals surface area contributed by atoms with E-state index in [2.05, 4.69) is 15.4 Å². The van der Waals surface area contributed by atoms with E-state index >= 15 is 0 Å². The van der Waals surface area contributed by atoms with Crippen LogP contribution in [0.5, 0.6) is 0 Å². The third kappa shape index (κ3) is 2.75. The van der Waals surface area contributed by atoms with Crippen molar-refractivity contribution in [1.82, 2.24) is 9.78 Å². The van der Waals surface area contributed by atoms with E-state index in [0.717, 1.165) is 11.5 Å². The maximum absolute atomic E-state index is 12.9. The molecule has 6 heteroatoms. The van der Waals surface area contributed by atoms with Gasteiger partial charge in [0.05, 0.1) is 11.8 Å². The highest BCUT2D eigenvalue weighted by atomic mass is 16.1. The summed E-state index contributed by atoms with van der Waals surface area (Å²) in [4.78, 5) is 19.6. The van der Waals surface area contributed by atoms with Crippen molar-refractivity contribution in [3.8, 4) is 0 Å². The van der Waals surface area contributed by atoms with Crippen molar-refractivity contribution in [2.45, 2.75) is 13.2 Å². The summed E-state index contributed by atoms with van der Waals surface area (Å²) >= 11 is 0. The first-order valence-electron chi connectivity index (χ1n) is 8.41. The van der Waals surface area contributed by atoms with Crippen molar-refractivity contribution in [2.75, 3.05) is 17.3 Å². The lowest BCUT2D eigenvalue weighted by atomic mass is 10.1. The van der Waals surface area contributed by atoms with Gasteiger partial charge in [0.2, 0.25) is 6.29 Å². The molecule has 1 aliphatic rings. The molecule has 4 rings (SSSR count). The molecule has 26 heavy (non-hydrogen) atoms. The number of aromatic nitrogens is 2.